The van der Waals surface area contributed by atoms with E-state index in [2.05, 4.69) is 11.3 Å². The summed E-state index contributed by atoms with van der Waals surface area (Å²) >= 11 is 0. The van der Waals surface area contributed by atoms with E-state index in [-0.39, 0.29) is 6.10 Å². The van der Waals surface area contributed by atoms with Gasteiger partial charge >= 0.3 is 0 Å². The van der Waals surface area contributed by atoms with Gasteiger partial charge in [-0.15, -0.1) is 0 Å². The summed E-state index contributed by atoms with van der Waals surface area (Å²) in [5.74, 6) is 0.806. The molecule has 3 nitrogen and oxygen atoms in total. The SMILES string of the molecule is Cc1[c]nn(C)c1OC(C)C. The minimum absolute atomic E-state index is 0.192. The van der Waals surface area contributed by atoms with Crippen LogP contribution in [-0.4, -0.2) is 15.9 Å². The molecule has 3 heteroatoms. The van der Waals surface area contributed by atoms with Crippen LogP contribution in [0.4, 0.5) is 0 Å². The Hall–Kier alpha value is -0.990. The summed E-state index contributed by atoms with van der Waals surface area (Å²) in [4.78, 5) is 0. The number of hydrogen-bond acceptors (Lipinski definition) is 2. The lowest BCUT2D eigenvalue weighted by Gasteiger charge is -2.09. The molecule has 1 rings (SSSR count). The normalized spacial score (nSPS) is 10.6. The summed E-state index contributed by atoms with van der Waals surface area (Å²) in [6, 6.07) is 0. The van der Waals surface area contributed by atoms with E-state index in [0.717, 1.165) is 11.4 Å². The molecule has 0 N–H and O–H groups in total. The molecule has 0 atom stereocenters. The first-order valence-corrected chi connectivity index (χ1v) is 3.69. The summed E-state index contributed by atoms with van der Waals surface area (Å²) in [6.07, 6.45) is 3.02. The minimum atomic E-state index is 0.192. The molecule has 1 aromatic rings. The first-order valence-electron chi connectivity index (χ1n) is 3.69. The molecule has 1 radical (unpaired) electrons. The van der Waals surface area contributed by atoms with Gasteiger partial charge in [0.2, 0.25) is 5.88 Å². The largest absolute Gasteiger partial charge is 0.475 e. The Labute approximate surface area is 67.0 Å². The first-order chi connectivity index (χ1) is 5.11. The van der Waals surface area contributed by atoms with Crippen LogP contribution in [0.25, 0.3) is 0 Å². The maximum Gasteiger partial charge on any atom is 0.215 e. The second-order valence-corrected chi connectivity index (χ2v) is 2.83. The standard InChI is InChI=1S/C8H13N2O/c1-6(2)11-8-7(3)5-9-10(8)4/h6H,1-4H3. The molecule has 1 aromatic heterocycles. The highest BCUT2D eigenvalue weighted by molar-refractivity contribution is 5.20. The molecule has 0 amide bonds. The van der Waals surface area contributed by atoms with Crippen LogP contribution in [-0.2, 0) is 7.05 Å². The maximum absolute atomic E-state index is 5.48. The monoisotopic (exact) mass is 153 g/mol. The number of hydrogen-bond donors (Lipinski definition) is 0. The molecule has 0 fully saturated rings. The fourth-order valence-electron chi connectivity index (χ4n) is 0.874. The lowest BCUT2D eigenvalue weighted by molar-refractivity contribution is 0.220. The van der Waals surface area contributed by atoms with Crippen LogP contribution in [0.5, 0.6) is 5.88 Å². The zero-order valence-electron chi connectivity index (χ0n) is 7.38. The van der Waals surface area contributed by atoms with Crippen molar-refractivity contribution < 1.29 is 4.74 Å². The Bertz CT molecular complexity index is 221. The second-order valence-electron chi connectivity index (χ2n) is 2.83. The van der Waals surface area contributed by atoms with Crippen molar-refractivity contribution in [2.24, 2.45) is 7.05 Å². The van der Waals surface area contributed by atoms with E-state index < -0.39 is 0 Å². The average Bonchev–Trinajstić information content (AvgIpc) is 2.18. The summed E-state index contributed by atoms with van der Waals surface area (Å²) in [5, 5.41) is 3.94. The topological polar surface area (TPSA) is 27.1 Å². The van der Waals surface area contributed by atoms with Gasteiger partial charge in [0.15, 0.2) is 0 Å². The van der Waals surface area contributed by atoms with Gasteiger partial charge in [0.1, 0.15) is 6.20 Å². The van der Waals surface area contributed by atoms with Crippen molar-refractivity contribution in [1.82, 2.24) is 9.78 Å². The van der Waals surface area contributed by atoms with Crippen LogP contribution in [0, 0.1) is 13.1 Å². The van der Waals surface area contributed by atoms with Gasteiger partial charge in [0, 0.05) is 12.6 Å². The Balaban J connectivity index is 2.83. The van der Waals surface area contributed by atoms with Gasteiger partial charge in [-0.05, 0) is 20.8 Å². The van der Waals surface area contributed by atoms with Crippen LogP contribution < -0.4 is 4.74 Å². The summed E-state index contributed by atoms with van der Waals surface area (Å²) in [5.41, 5.74) is 0.959. The van der Waals surface area contributed by atoms with E-state index in [1.807, 2.05) is 27.8 Å². The van der Waals surface area contributed by atoms with Gasteiger partial charge in [-0.25, -0.2) is 4.68 Å². The Morgan fingerprint density at radius 3 is 2.55 bits per heavy atom. The van der Waals surface area contributed by atoms with Gasteiger partial charge in [0.05, 0.1) is 6.10 Å². The smallest absolute Gasteiger partial charge is 0.215 e. The van der Waals surface area contributed by atoms with Crippen molar-refractivity contribution in [3.63, 3.8) is 0 Å². The van der Waals surface area contributed by atoms with Crippen LogP contribution in [0.3, 0.4) is 0 Å². The van der Waals surface area contributed by atoms with Crippen molar-refractivity contribution in [2.75, 3.05) is 0 Å². The molecule has 0 aliphatic carbocycles. The fourth-order valence-corrected chi connectivity index (χ4v) is 0.874. The Morgan fingerprint density at radius 1 is 1.55 bits per heavy atom. The zero-order valence-corrected chi connectivity index (χ0v) is 7.38. The van der Waals surface area contributed by atoms with Crippen molar-refractivity contribution in [3.8, 4) is 5.88 Å². The molecule has 0 aromatic carbocycles. The van der Waals surface area contributed by atoms with Crippen molar-refractivity contribution in [1.29, 1.82) is 0 Å². The van der Waals surface area contributed by atoms with Gasteiger partial charge in [-0.2, -0.15) is 5.10 Å². The van der Waals surface area contributed by atoms with E-state index >= 15 is 0 Å². The summed E-state index contributed by atoms with van der Waals surface area (Å²) < 4.78 is 7.17. The van der Waals surface area contributed by atoms with Crippen LogP contribution >= 0.6 is 0 Å². The molecule has 0 spiro atoms. The minimum Gasteiger partial charge on any atom is -0.475 e. The zero-order chi connectivity index (χ0) is 8.43. The third-order valence-electron chi connectivity index (χ3n) is 1.33. The van der Waals surface area contributed by atoms with Crippen LogP contribution in [0.2, 0.25) is 0 Å². The molecule has 0 saturated carbocycles. The Kier molecular flexibility index (Phi) is 2.17. The van der Waals surface area contributed by atoms with E-state index in [9.17, 15) is 0 Å². The number of rotatable bonds is 2. The molecule has 0 unspecified atom stereocenters. The van der Waals surface area contributed by atoms with E-state index in [1.165, 1.54) is 0 Å². The highest BCUT2D eigenvalue weighted by atomic mass is 16.5. The lowest BCUT2D eigenvalue weighted by atomic mass is 10.4. The average molecular weight is 153 g/mol. The highest BCUT2D eigenvalue weighted by Gasteiger charge is 2.06. The lowest BCUT2D eigenvalue weighted by Crippen LogP contribution is -2.09. The number of aryl methyl sites for hydroxylation is 2. The van der Waals surface area contributed by atoms with Gasteiger partial charge < -0.3 is 4.74 Å². The molecule has 0 saturated heterocycles. The molecule has 1 heterocycles. The Morgan fingerprint density at radius 2 is 2.18 bits per heavy atom. The van der Waals surface area contributed by atoms with Gasteiger partial charge in [-0.1, -0.05) is 0 Å². The maximum atomic E-state index is 5.48. The molecule has 11 heavy (non-hydrogen) atoms. The van der Waals surface area contributed by atoms with Crippen LogP contribution in [0.1, 0.15) is 19.4 Å². The number of nitrogens with zero attached hydrogens (tertiary/aromatic N) is 2. The van der Waals surface area contributed by atoms with E-state index in [4.69, 9.17) is 4.74 Å². The van der Waals surface area contributed by atoms with Crippen molar-refractivity contribution >= 4 is 0 Å². The molecular formula is C8H13N2O. The fraction of sp³-hybridized carbons (Fsp3) is 0.625. The van der Waals surface area contributed by atoms with Gasteiger partial charge in [0.25, 0.3) is 0 Å². The first kappa shape index (κ1) is 8.11. The van der Waals surface area contributed by atoms with Crippen molar-refractivity contribution in [2.45, 2.75) is 26.9 Å². The van der Waals surface area contributed by atoms with E-state index in [1.54, 1.807) is 4.68 Å². The number of ether oxygens (including phenoxy) is 1. The molecule has 0 aliphatic heterocycles. The summed E-state index contributed by atoms with van der Waals surface area (Å²) in [7, 11) is 1.85. The molecular weight excluding hydrogens is 140 g/mol. The van der Waals surface area contributed by atoms with E-state index in [0.29, 0.717) is 0 Å². The molecule has 61 valence electrons. The van der Waals surface area contributed by atoms with Crippen molar-refractivity contribution in [3.05, 3.63) is 11.8 Å². The predicted octanol–water partition coefficient (Wildman–Crippen LogP) is 1.32. The second kappa shape index (κ2) is 2.95. The molecule has 0 bridgehead atoms. The van der Waals surface area contributed by atoms with Crippen LogP contribution in [0.15, 0.2) is 0 Å². The third-order valence-corrected chi connectivity index (χ3v) is 1.33. The summed E-state index contributed by atoms with van der Waals surface area (Å²) in [6.45, 7) is 5.92. The predicted molar refractivity (Wildman–Crippen MR) is 42.5 cm³/mol. The molecule has 0 aliphatic rings. The highest BCUT2D eigenvalue weighted by Crippen LogP contribution is 2.15. The number of aromatic nitrogens is 2. The van der Waals surface area contributed by atoms with Gasteiger partial charge in [-0.3, -0.25) is 0 Å². The third kappa shape index (κ3) is 1.73. The quantitative estimate of drug-likeness (QED) is 0.640.